The lowest BCUT2D eigenvalue weighted by Gasteiger charge is -2.32. The molecule has 2 N–H and O–H groups in total. The largest absolute Gasteiger partial charge is 0.497 e. The number of fused-ring (bicyclic) bond motifs is 2. The van der Waals surface area contributed by atoms with Gasteiger partial charge in [-0.05, 0) is 58.5 Å². The van der Waals surface area contributed by atoms with Crippen LogP contribution in [-0.2, 0) is 11.2 Å². The van der Waals surface area contributed by atoms with Gasteiger partial charge in [-0.1, -0.05) is 6.07 Å². The molecule has 1 aliphatic carbocycles. The maximum atomic E-state index is 9.59. The second-order valence-corrected chi connectivity index (χ2v) is 6.64. The fourth-order valence-electron chi connectivity index (χ4n) is 3.47. The van der Waals surface area contributed by atoms with E-state index < -0.39 is 0 Å². The molecule has 0 saturated heterocycles. The summed E-state index contributed by atoms with van der Waals surface area (Å²) in [5, 5.41) is 13.7. The Hall–Kier alpha value is -2.71. The highest BCUT2D eigenvalue weighted by molar-refractivity contribution is 7.08. The number of hydrogen-bond donors (Lipinski definition) is 1. The van der Waals surface area contributed by atoms with E-state index in [0.29, 0.717) is 5.57 Å². The Kier molecular flexibility index (Phi) is 3.55. The molecule has 2 aliphatic rings. The number of allylic oxidation sites excluding steroid dienone is 2. The molecule has 0 amide bonds. The van der Waals surface area contributed by atoms with E-state index in [1.807, 2.05) is 17.5 Å². The summed E-state index contributed by atoms with van der Waals surface area (Å²) in [6.07, 6.45) is 1.77. The molecule has 2 aromatic rings. The second-order valence-electron chi connectivity index (χ2n) is 5.86. The quantitative estimate of drug-likeness (QED) is 0.902. The van der Waals surface area contributed by atoms with Crippen molar-refractivity contribution in [1.82, 2.24) is 0 Å². The summed E-state index contributed by atoms with van der Waals surface area (Å²) in [6, 6.07) is 10.3. The number of benzene rings is 1. The zero-order chi connectivity index (χ0) is 16.7. The van der Waals surface area contributed by atoms with Crippen LogP contribution in [0.25, 0.3) is 5.76 Å². The summed E-state index contributed by atoms with van der Waals surface area (Å²) in [5.41, 5.74) is 11.0. The van der Waals surface area contributed by atoms with E-state index in [1.165, 1.54) is 5.56 Å². The fraction of sp³-hybridized carbons (Fsp3) is 0.211. The Bertz CT molecular complexity index is 904. The maximum absolute atomic E-state index is 9.59. The number of nitriles is 1. The van der Waals surface area contributed by atoms with Crippen LogP contribution in [0.1, 0.15) is 29.0 Å². The molecule has 4 rings (SSSR count). The Morgan fingerprint density at radius 3 is 2.92 bits per heavy atom. The van der Waals surface area contributed by atoms with E-state index >= 15 is 0 Å². The number of methoxy groups -OCH3 is 1. The van der Waals surface area contributed by atoms with Crippen molar-refractivity contribution in [3.8, 4) is 11.8 Å². The number of aryl methyl sites for hydroxylation is 1. The molecular formula is C19H16N2O2S. The minimum atomic E-state index is -0.121. The van der Waals surface area contributed by atoms with Gasteiger partial charge in [0.05, 0.1) is 13.0 Å². The number of thiophene rings is 1. The Morgan fingerprint density at radius 2 is 2.21 bits per heavy atom. The van der Waals surface area contributed by atoms with Crippen LogP contribution in [-0.4, -0.2) is 7.11 Å². The molecule has 0 bridgehead atoms. The Labute approximate surface area is 144 Å². The van der Waals surface area contributed by atoms with Crippen molar-refractivity contribution in [2.75, 3.05) is 7.11 Å². The third-order valence-corrected chi connectivity index (χ3v) is 5.33. The number of nitrogens with zero attached hydrogens (tertiary/aromatic N) is 1. The summed E-state index contributed by atoms with van der Waals surface area (Å²) in [5.74, 6) is 1.64. The van der Waals surface area contributed by atoms with Gasteiger partial charge < -0.3 is 15.2 Å². The first-order valence-corrected chi connectivity index (χ1v) is 8.67. The molecule has 120 valence electrons. The molecular weight excluding hydrogens is 320 g/mol. The van der Waals surface area contributed by atoms with Gasteiger partial charge in [-0.3, -0.25) is 0 Å². The SMILES string of the molecule is COc1ccc2c(c1)C1=C(CC2)C(c2ccsc2)C(C#N)=C(N)O1. The van der Waals surface area contributed by atoms with E-state index in [9.17, 15) is 5.26 Å². The van der Waals surface area contributed by atoms with Crippen LogP contribution < -0.4 is 10.5 Å². The number of hydrogen-bond acceptors (Lipinski definition) is 5. The standard InChI is InChI=1S/C19H16N2O2S/c1-22-13-4-2-11-3-5-14-17(12-6-7-24-10-12)16(9-20)19(21)23-18(14)15(11)8-13/h2,4,6-8,10,17H,3,5,21H2,1H3. The minimum Gasteiger partial charge on any atom is -0.497 e. The van der Waals surface area contributed by atoms with Gasteiger partial charge in [-0.2, -0.15) is 16.6 Å². The van der Waals surface area contributed by atoms with Crippen molar-refractivity contribution < 1.29 is 9.47 Å². The Morgan fingerprint density at radius 1 is 1.33 bits per heavy atom. The van der Waals surface area contributed by atoms with Gasteiger partial charge >= 0.3 is 0 Å². The summed E-state index contributed by atoms with van der Waals surface area (Å²) in [6.45, 7) is 0. The van der Waals surface area contributed by atoms with Crippen LogP contribution >= 0.6 is 11.3 Å². The van der Waals surface area contributed by atoms with Gasteiger partial charge in [0.1, 0.15) is 23.2 Å². The molecule has 0 spiro atoms. The maximum Gasteiger partial charge on any atom is 0.205 e. The van der Waals surface area contributed by atoms with Crippen LogP contribution in [0.5, 0.6) is 5.75 Å². The first-order chi connectivity index (χ1) is 11.7. The van der Waals surface area contributed by atoms with Gasteiger partial charge in [0.25, 0.3) is 0 Å². The lowest BCUT2D eigenvalue weighted by atomic mass is 9.77. The summed E-state index contributed by atoms with van der Waals surface area (Å²) < 4.78 is 11.3. The van der Waals surface area contributed by atoms with E-state index in [-0.39, 0.29) is 11.8 Å². The summed E-state index contributed by atoms with van der Waals surface area (Å²) in [4.78, 5) is 0. The lowest BCUT2D eigenvalue weighted by molar-refractivity contribution is 0.349. The summed E-state index contributed by atoms with van der Waals surface area (Å²) in [7, 11) is 1.65. The van der Waals surface area contributed by atoms with Crippen molar-refractivity contribution in [3.05, 3.63) is 68.7 Å². The highest BCUT2D eigenvalue weighted by atomic mass is 32.1. The first-order valence-electron chi connectivity index (χ1n) is 7.73. The van der Waals surface area contributed by atoms with Gasteiger partial charge in [-0.25, -0.2) is 0 Å². The third-order valence-electron chi connectivity index (χ3n) is 4.63. The van der Waals surface area contributed by atoms with Crippen LogP contribution in [0.2, 0.25) is 0 Å². The van der Waals surface area contributed by atoms with E-state index in [4.69, 9.17) is 15.2 Å². The van der Waals surface area contributed by atoms with Gasteiger partial charge in [0, 0.05) is 5.56 Å². The second kappa shape index (κ2) is 5.73. The molecule has 1 aliphatic heterocycles. The Balaban J connectivity index is 1.91. The minimum absolute atomic E-state index is 0.121. The van der Waals surface area contributed by atoms with E-state index in [2.05, 4.69) is 23.6 Å². The molecule has 0 radical (unpaired) electrons. The highest BCUT2D eigenvalue weighted by Gasteiger charge is 2.36. The zero-order valence-corrected chi connectivity index (χ0v) is 14.0. The molecule has 5 heteroatoms. The van der Waals surface area contributed by atoms with Crippen molar-refractivity contribution in [1.29, 1.82) is 5.26 Å². The monoisotopic (exact) mass is 336 g/mol. The third kappa shape index (κ3) is 2.19. The van der Waals surface area contributed by atoms with Gasteiger partial charge in [0.2, 0.25) is 5.88 Å². The van der Waals surface area contributed by atoms with Crippen LogP contribution in [0.15, 0.2) is 52.1 Å². The fourth-order valence-corrected chi connectivity index (χ4v) is 4.16. The van der Waals surface area contributed by atoms with Crippen molar-refractivity contribution in [3.63, 3.8) is 0 Å². The first kappa shape index (κ1) is 14.9. The molecule has 24 heavy (non-hydrogen) atoms. The molecule has 4 nitrogen and oxygen atoms in total. The molecule has 1 aromatic carbocycles. The highest BCUT2D eigenvalue weighted by Crippen LogP contribution is 2.47. The summed E-state index contributed by atoms with van der Waals surface area (Å²) >= 11 is 1.62. The molecule has 1 atom stereocenters. The normalized spacial score (nSPS) is 19.2. The van der Waals surface area contributed by atoms with Crippen LogP contribution in [0, 0.1) is 11.3 Å². The lowest BCUT2D eigenvalue weighted by Crippen LogP contribution is -2.23. The average Bonchev–Trinajstić information content (AvgIpc) is 3.14. The van der Waals surface area contributed by atoms with Crippen molar-refractivity contribution in [2.24, 2.45) is 5.73 Å². The molecule has 1 aromatic heterocycles. The number of ether oxygens (including phenoxy) is 2. The van der Waals surface area contributed by atoms with Crippen LogP contribution in [0.4, 0.5) is 0 Å². The zero-order valence-electron chi connectivity index (χ0n) is 13.2. The predicted molar refractivity (Wildman–Crippen MR) is 93.2 cm³/mol. The molecule has 0 fully saturated rings. The van der Waals surface area contributed by atoms with E-state index in [0.717, 1.165) is 41.1 Å². The van der Waals surface area contributed by atoms with Crippen molar-refractivity contribution >= 4 is 17.1 Å². The van der Waals surface area contributed by atoms with Gasteiger partial charge in [0.15, 0.2) is 0 Å². The molecule has 1 unspecified atom stereocenters. The molecule has 0 saturated carbocycles. The van der Waals surface area contributed by atoms with Crippen molar-refractivity contribution in [2.45, 2.75) is 18.8 Å². The van der Waals surface area contributed by atoms with Crippen LogP contribution in [0.3, 0.4) is 0 Å². The van der Waals surface area contributed by atoms with Gasteiger partial charge in [-0.15, -0.1) is 0 Å². The predicted octanol–water partition coefficient (Wildman–Crippen LogP) is 3.92. The average molecular weight is 336 g/mol. The van der Waals surface area contributed by atoms with E-state index in [1.54, 1.807) is 18.4 Å². The number of rotatable bonds is 2. The topological polar surface area (TPSA) is 68.3 Å². The number of nitrogens with two attached hydrogens (primary N) is 1. The molecule has 2 heterocycles. The smallest absolute Gasteiger partial charge is 0.205 e.